The molecule has 0 spiro atoms. The number of benzene rings is 1. The zero-order valence-corrected chi connectivity index (χ0v) is 10.2. The maximum absolute atomic E-state index is 13.3. The molecule has 1 unspecified atom stereocenters. The van der Waals surface area contributed by atoms with E-state index in [4.69, 9.17) is 0 Å². The minimum Gasteiger partial charge on any atom is -0.387 e. The Kier molecular flexibility index (Phi) is 5.22. The minimum absolute atomic E-state index is 0.164. The fourth-order valence-corrected chi connectivity index (χ4v) is 2.29. The van der Waals surface area contributed by atoms with Crippen LogP contribution in [0.5, 0.6) is 0 Å². The molecule has 0 amide bonds. The molecule has 1 N–H and O–H groups in total. The second-order valence-corrected chi connectivity index (χ2v) is 5.19. The van der Waals surface area contributed by atoms with Crippen molar-refractivity contribution in [3.8, 4) is 0 Å². The monoisotopic (exact) mass is 246 g/mol. The van der Waals surface area contributed by atoms with Crippen LogP contribution in [0.2, 0.25) is 0 Å². The molecule has 0 aliphatic carbocycles. The van der Waals surface area contributed by atoms with Crippen molar-refractivity contribution in [1.82, 2.24) is 0 Å². The molecule has 4 heteroatoms. The van der Waals surface area contributed by atoms with Crippen LogP contribution in [-0.4, -0.2) is 16.6 Å². The van der Waals surface area contributed by atoms with E-state index in [2.05, 4.69) is 13.8 Å². The second kappa shape index (κ2) is 6.21. The molecule has 90 valence electrons. The Balaban J connectivity index is 2.55. The highest BCUT2D eigenvalue weighted by atomic mass is 32.2. The van der Waals surface area contributed by atoms with E-state index < -0.39 is 17.7 Å². The second-order valence-electron chi connectivity index (χ2n) is 4.11. The first-order valence-electron chi connectivity index (χ1n) is 5.21. The first-order chi connectivity index (χ1) is 7.50. The Hall–Kier alpha value is -0.610. The fourth-order valence-electron chi connectivity index (χ4n) is 1.28. The number of aliphatic hydroxyl groups excluding tert-OH is 1. The van der Waals surface area contributed by atoms with Crippen molar-refractivity contribution >= 4 is 11.8 Å². The average molecular weight is 246 g/mol. The van der Waals surface area contributed by atoms with Gasteiger partial charge in [0.05, 0.1) is 6.10 Å². The van der Waals surface area contributed by atoms with E-state index in [9.17, 15) is 13.9 Å². The molecule has 1 aromatic rings. The molecule has 16 heavy (non-hydrogen) atoms. The van der Waals surface area contributed by atoms with Gasteiger partial charge in [0.2, 0.25) is 0 Å². The molecular weight excluding hydrogens is 230 g/mol. The summed E-state index contributed by atoms with van der Waals surface area (Å²) in [4.78, 5) is 0. The summed E-state index contributed by atoms with van der Waals surface area (Å²) in [5, 5.41) is 9.72. The summed E-state index contributed by atoms with van der Waals surface area (Å²) in [5.41, 5.74) is 0.164. The Morgan fingerprint density at radius 1 is 1.25 bits per heavy atom. The van der Waals surface area contributed by atoms with Crippen LogP contribution >= 0.6 is 11.8 Å². The lowest BCUT2D eigenvalue weighted by molar-refractivity contribution is 0.198. The van der Waals surface area contributed by atoms with Gasteiger partial charge in [-0.05, 0) is 17.7 Å². The van der Waals surface area contributed by atoms with Gasteiger partial charge in [-0.1, -0.05) is 19.9 Å². The molecule has 1 nitrogen and oxygen atoms in total. The third-order valence-electron chi connectivity index (χ3n) is 2.05. The van der Waals surface area contributed by atoms with Crippen molar-refractivity contribution in [1.29, 1.82) is 0 Å². The predicted octanol–water partition coefficient (Wildman–Crippen LogP) is 3.39. The number of halogens is 2. The van der Waals surface area contributed by atoms with Gasteiger partial charge in [0.15, 0.2) is 0 Å². The molecule has 0 aliphatic heterocycles. The summed E-state index contributed by atoms with van der Waals surface area (Å²) in [6, 6.07) is 3.26. The Morgan fingerprint density at radius 3 is 2.50 bits per heavy atom. The first-order valence-corrected chi connectivity index (χ1v) is 6.37. The number of rotatable bonds is 5. The lowest BCUT2D eigenvalue weighted by Crippen LogP contribution is -2.05. The molecule has 0 heterocycles. The summed E-state index contributed by atoms with van der Waals surface area (Å²) in [7, 11) is 0. The zero-order chi connectivity index (χ0) is 12.1. The van der Waals surface area contributed by atoms with Gasteiger partial charge in [-0.3, -0.25) is 0 Å². The van der Waals surface area contributed by atoms with Crippen LogP contribution in [0.15, 0.2) is 18.2 Å². The van der Waals surface area contributed by atoms with Crippen molar-refractivity contribution in [2.45, 2.75) is 20.0 Å². The Labute approximate surface area is 98.9 Å². The smallest absolute Gasteiger partial charge is 0.131 e. The predicted molar refractivity (Wildman–Crippen MR) is 63.5 cm³/mol. The third-order valence-corrected chi connectivity index (χ3v) is 3.50. The molecule has 1 aromatic carbocycles. The molecule has 1 atom stereocenters. The molecule has 0 saturated heterocycles. The summed E-state index contributed by atoms with van der Waals surface area (Å²) < 4.78 is 25.9. The van der Waals surface area contributed by atoms with Crippen molar-refractivity contribution < 1.29 is 13.9 Å². The van der Waals surface area contributed by atoms with Gasteiger partial charge in [0.1, 0.15) is 11.6 Å². The Morgan fingerprint density at radius 2 is 1.94 bits per heavy atom. The molecule has 0 radical (unpaired) electrons. The minimum atomic E-state index is -0.871. The van der Waals surface area contributed by atoms with Gasteiger partial charge in [-0.2, -0.15) is 11.8 Å². The largest absolute Gasteiger partial charge is 0.387 e. The van der Waals surface area contributed by atoms with E-state index in [0.29, 0.717) is 11.7 Å². The molecular formula is C12H16F2OS. The molecule has 0 bridgehead atoms. The van der Waals surface area contributed by atoms with Crippen LogP contribution in [0.25, 0.3) is 0 Å². The number of aliphatic hydroxyl groups is 1. The molecule has 1 rings (SSSR count). The van der Waals surface area contributed by atoms with Gasteiger partial charge in [0.25, 0.3) is 0 Å². The van der Waals surface area contributed by atoms with Crippen LogP contribution in [0.4, 0.5) is 8.78 Å². The summed E-state index contributed by atoms with van der Waals surface area (Å²) in [5.74, 6) is 0.580. The summed E-state index contributed by atoms with van der Waals surface area (Å²) in [6.45, 7) is 4.16. The van der Waals surface area contributed by atoms with Gasteiger partial charge in [-0.15, -0.1) is 0 Å². The van der Waals surface area contributed by atoms with E-state index >= 15 is 0 Å². The quantitative estimate of drug-likeness (QED) is 0.859. The first kappa shape index (κ1) is 13.5. The molecule has 0 saturated carbocycles. The van der Waals surface area contributed by atoms with E-state index in [0.717, 1.165) is 17.9 Å². The molecule has 0 aliphatic rings. The Bertz CT molecular complexity index is 342. The number of hydrogen-bond acceptors (Lipinski definition) is 2. The van der Waals surface area contributed by atoms with E-state index in [1.54, 1.807) is 11.8 Å². The summed E-state index contributed by atoms with van der Waals surface area (Å²) >= 11 is 1.57. The standard InChI is InChI=1S/C12H16F2OS/c1-8(2)6-16-7-12(15)10-4-3-9(13)5-11(10)14/h3-5,8,12,15H,6-7H2,1-2H3. The highest BCUT2D eigenvalue weighted by Crippen LogP contribution is 2.22. The van der Waals surface area contributed by atoms with Gasteiger partial charge < -0.3 is 5.11 Å². The maximum Gasteiger partial charge on any atom is 0.131 e. The SMILES string of the molecule is CC(C)CSCC(O)c1ccc(F)cc1F. The van der Waals surface area contributed by atoms with Gasteiger partial charge in [0, 0.05) is 17.4 Å². The van der Waals surface area contributed by atoms with Crippen LogP contribution in [0, 0.1) is 17.6 Å². The van der Waals surface area contributed by atoms with E-state index in [1.165, 1.54) is 6.07 Å². The highest BCUT2D eigenvalue weighted by molar-refractivity contribution is 7.99. The van der Waals surface area contributed by atoms with E-state index in [-0.39, 0.29) is 5.56 Å². The number of thioether (sulfide) groups is 1. The van der Waals surface area contributed by atoms with Crippen LogP contribution in [0.1, 0.15) is 25.5 Å². The maximum atomic E-state index is 13.3. The topological polar surface area (TPSA) is 20.2 Å². The number of hydrogen-bond donors (Lipinski definition) is 1. The van der Waals surface area contributed by atoms with E-state index in [1.807, 2.05) is 0 Å². The van der Waals surface area contributed by atoms with Gasteiger partial charge >= 0.3 is 0 Å². The molecule has 0 aromatic heterocycles. The van der Waals surface area contributed by atoms with Crippen LogP contribution < -0.4 is 0 Å². The fraction of sp³-hybridized carbons (Fsp3) is 0.500. The summed E-state index contributed by atoms with van der Waals surface area (Å²) in [6.07, 6.45) is -0.871. The van der Waals surface area contributed by atoms with Crippen LogP contribution in [-0.2, 0) is 0 Å². The van der Waals surface area contributed by atoms with Crippen molar-refractivity contribution in [3.05, 3.63) is 35.4 Å². The normalized spacial score (nSPS) is 13.1. The molecule has 0 fully saturated rings. The van der Waals surface area contributed by atoms with Crippen molar-refractivity contribution in [2.24, 2.45) is 5.92 Å². The zero-order valence-electron chi connectivity index (χ0n) is 9.41. The van der Waals surface area contributed by atoms with Crippen LogP contribution in [0.3, 0.4) is 0 Å². The third kappa shape index (κ3) is 4.10. The van der Waals surface area contributed by atoms with Crippen molar-refractivity contribution in [3.63, 3.8) is 0 Å². The average Bonchev–Trinajstić information content (AvgIpc) is 2.16. The lowest BCUT2D eigenvalue weighted by Gasteiger charge is -2.12. The van der Waals surface area contributed by atoms with Gasteiger partial charge in [-0.25, -0.2) is 8.78 Å². The highest BCUT2D eigenvalue weighted by Gasteiger charge is 2.13. The van der Waals surface area contributed by atoms with Crippen molar-refractivity contribution in [2.75, 3.05) is 11.5 Å². The lowest BCUT2D eigenvalue weighted by atomic mass is 10.1.